The summed E-state index contributed by atoms with van der Waals surface area (Å²) in [7, 11) is 0. The second-order valence-corrected chi connectivity index (χ2v) is 7.45. The normalized spacial score (nSPS) is 11.9. The number of nitrogens with zero attached hydrogens (tertiary/aromatic N) is 1. The monoisotopic (exact) mass is 404 g/mol. The molecule has 0 amide bonds. The smallest absolute Gasteiger partial charge is 0.338 e. The van der Waals surface area contributed by atoms with E-state index in [2.05, 4.69) is 10.3 Å². The predicted molar refractivity (Wildman–Crippen MR) is 116 cm³/mol. The highest BCUT2D eigenvalue weighted by Gasteiger charge is 2.21. The van der Waals surface area contributed by atoms with Crippen molar-refractivity contribution in [1.82, 2.24) is 4.98 Å². The van der Waals surface area contributed by atoms with Gasteiger partial charge in [0.1, 0.15) is 11.3 Å². The fourth-order valence-electron chi connectivity index (χ4n) is 3.22. The van der Waals surface area contributed by atoms with Crippen LogP contribution in [-0.2, 0) is 4.74 Å². The van der Waals surface area contributed by atoms with Gasteiger partial charge in [-0.3, -0.25) is 4.98 Å². The highest BCUT2D eigenvalue weighted by Crippen LogP contribution is 2.37. The van der Waals surface area contributed by atoms with Crippen molar-refractivity contribution in [2.75, 3.05) is 11.9 Å². The molecule has 4 rings (SSSR count). The van der Waals surface area contributed by atoms with Crippen molar-refractivity contribution in [3.8, 4) is 5.75 Å². The summed E-state index contributed by atoms with van der Waals surface area (Å²) < 4.78 is 5.04. The van der Waals surface area contributed by atoms with Crippen LogP contribution in [0.3, 0.4) is 0 Å². The van der Waals surface area contributed by atoms with Crippen molar-refractivity contribution >= 4 is 33.9 Å². The Labute approximate surface area is 172 Å². The summed E-state index contributed by atoms with van der Waals surface area (Å²) in [4.78, 5) is 17.3. The number of phenolic OH excluding ortho intramolecular Hbond substituents is 1. The second-order valence-electron chi connectivity index (χ2n) is 6.47. The molecule has 4 aromatic rings. The number of thiophene rings is 1. The first-order valence-electron chi connectivity index (χ1n) is 9.31. The van der Waals surface area contributed by atoms with Gasteiger partial charge in [-0.05, 0) is 48.7 Å². The first-order valence-corrected chi connectivity index (χ1v) is 10.2. The number of aromatic hydroxyl groups is 1. The maximum atomic E-state index is 11.9. The molecular formula is C23H20N2O3S. The minimum absolute atomic E-state index is 0.164. The fraction of sp³-hybridized carbons (Fsp3) is 0.130. The summed E-state index contributed by atoms with van der Waals surface area (Å²) >= 11 is 1.61. The lowest BCUT2D eigenvalue weighted by atomic mass is 10.0. The van der Waals surface area contributed by atoms with Crippen LogP contribution >= 0.6 is 11.3 Å². The summed E-state index contributed by atoms with van der Waals surface area (Å²) in [6.45, 7) is 2.12. The number of benzene rings is 2. The molecule has 2 N–H and O–H groups in total. The van der Waals surface area contributed by atoms with Gasteiger partial charge in [-0.1, -0.05) is 24.3 Å². The highest BCUT2D eigenvalue weighted by molar-refractivity contribution is 7.10. The molecule has 5 nitrogen and oxygen atoms in total. The number of esters is 1. The van der Waals surface area contributed by atoms with E-state index in [4.69, 9.17) is 4.74 Å². The first-order chi connectivity index (χ1) is 14.2. The van der Waals surface area contributed by atoms with Crippen LogP contribution in [0.15, 0.2) is 72.2 Å². The van der Waals surface area contributed by atoms with Crippen LogP contribution in [0.25, 0.3) is 10.9 Å². The van der Waals surface area contributed by atoms with E-state index < -0.39 is 0 Å². The molecular weight excluding hydrogens is 384 g/mol. The van der Waals surface area contributed by atoms with Gasteiger partial charge in [-0.2, -0.15) is 0 Å². The SMILES string of the molecule is CCOC(=O)c1ccc(N[C@H](c2cccs2)c2ccc3cccnc3c2O)cc1. The lowest BCUT2D eigenvalue weighted by molar-refractivity contribution is 0.0526. The van der Waals surface area contributed by atoms with E-state index in [-0.39, 0.29) is 17.8 Å². The van der Waals surface area contributed by atoms with E-state index in [0.717, 1.165) is 21.5 Å². The lowest BCUT2D eigenvalue weighted by Crippen LogP contribution is -2.12. The Morgan fingerprint density at radius 3 is 2.69 bits per heavy atom. The average molecular weight is 404 g/mol. The third kappa shape index (κ3) is 3.93. The van der Waals surface area contributed by atoms with Crippen LogP contribution in [0.1, 0.15) is 33.8 Å². The molecule has 29 heavy (non-hydrogen) atoms. The van der Waals surface area contributed by atoms with Gasteiger partial charge in [-0.15, -0.1) is 11.3 Å². The summed E-state index contributed by atoms with van der Waals surface area (Å²) in [6.07, 6.45) is 1.67. The van der Waals surface area contributed by atoms with E-state index in [9.17, 15) is 9.90 Å². The molecule has 0 aliphatic heterocycles. The minimum atomic E-state index is -0.341. The van der Waals surface area contributed by atoms with Crippen LogP contribution in [0.4, 0.5) is 5.69 Å². The summed E-state index contributed by atoms with van der Waals surface area (Å²) in [6, 6.07) is 18.5. The zero-order valence-corrected chi connectivity index (χ0v) is 16.6. The Bertz CT molecular complexity index is 1120. The topological polar surface area (TPSA) is 71.5 Å². The van der Waals surface area contributed by atoms with Gasteiger partial charge in [-0.25, -0.2) is 4.79 Å². The van der Waals surface area contributed by atoms with Crippen LogP contribution in [0.5, 0.6) is 5.75 Å². The van der Waals surface area contributed by atoms with E-state index in [1.54, 1.807) is 36.6 Å². The number of phenols is 1. The standard InChI is InChI=1S/C23H20N2O3S/c1-2-28-23(27)16-7-10-17(11-8-16)25-21(19-6-4-14-29-19)18-12-9-15-5-3-13-24-20(15)22(18)26/h3-14,21,25-26H,2H2,1H3/t21-/m0/s1. The molecule has 0 saturated carbocycles. The van der Waals surface area contributed by atoms with Crippen LogP contribution in [0.2, 0.25) is 0 Å². The van der Waals surface area contributed by atoms with Crippen molar-refractivity contribution in [2.24, 2.45) is 0 Å². The van der Waals surface area contributed by atoms with Crippen molar-refractivity contribution in [3.63, 3.8) is 0 Å². The van der Waals surface area contributed by atoms with Crippen LogP contribution in [-0.4, -0.2) is 22.7 Å². The molecule has 0 aliphatic rings. The Morgan fingerprint density at radius 1 is 1.14 bits per heavy atom. The molecule has 0 spiro atoms. The molecule has 0 unspecified atom stereocenters. The maximum Gasteiger partial charge on any atom is 0.338 e. The third-order valence-corrected chi connectivity index (χ3v) is 5.56. The van der Waals surface area contributed by atoms with Gasteiger partial charge in [0.2, 0.25) is 0 Å². The van der Waals surface area contributed by atoms with E-state index >= 15 is 0 Å². The molecule has 1 atom stereocenters. The minimum Gasteiger partial charge on any atom is -0.505 e. The quantitative estimate of drug-likeness (QED) is 0.422. The van der Waals surface area contributed by atoms with Crippen molar-refractivity contribution in [3.05, 3.63) is 88.2 Å². The van der Waals surface area contributed by atoms with Crippen molar-refractivity contribution in [2.45, 2.75) is 13.0 Å². The van der Waals surface area contributed by atoms with Crippen molar-refractivity contribution in [1.29, 1.82) is 0 Å². The number of aromatic nitrogens is 1. The van der Waals surface area contributed by atoms with Gasteiger partial charge >= 0.3 is 5.97 Å². The molecule has 0 fully saturated rings. The molecule has 2 aromatic carbocycles. The number of anilines is 1. The molecule has 2 aromatic heterocycles. The van der Waals surface area contributed by atoms with Crippen LogP contribution in [0, 0.1) is 0 Å². The van der Waals surface area contributed by atoms with E-state index in [0.29, 0.717) is 17.7 Å². The van der Waals surface area contributed by atoms with Gasteiger partial charge in [0.05, 0.1) is 18.2 Å². The number of pyridine rings is 1. The first kappa shape index (κ1) is 19.0. The van der Waals surface area contributed by atoms with Gasteiger partial charge < -0.3 is 15.2 Å². The van der Waals surface area contributed by atoms with Gasteiger partial charge in [0.25, 0.3) is 0 Å². The molecule has 0 radical (unpaired) electrons. The van der Waals surface area contributed by atoms with Gasteiger partial charge in [0, 0.05) is 27.7 Å². The maximum absolute atomic E-state index is 11.9. The Hall–Kier alpha value is -3.38. The summed E-state index contributed by atoms with van der Waals surface area (Å²) in [5.41, 5.74) is 2.65. The number of rotatable bonds is 6. The number of hydrogen-bond donors (Lipinski definition) is 2. The van der Waals surface area contributed by atoms with Crippen molar-refractivity contribution < 1.29 is 14.6 Å². The second kappa shape index (κ2) is 8.32. The predicted octanol–water partition coefficient (Wildman–Crippen LogP) is 5.38. The molecule has 0 saturated heterocycles. The lowest BCUT2D eigenvalue weighted by Gasteiger charge is -2.21. The Balaban J connectivity index is 1.69. The molecule has 0 aliphatic carbocycles. The zero-order valence-electron chi connectivity index (χ0n) is 15.8. The number of ether oxygens (including phenoxy) is 1. The van der Waals surface area contributed by atoms with E-state index in [1.807, 2.05) is 53.9 Å². The largest absolute Gasteiger partial charge is 0.505 e. The molecule has 6 heteroatoms. The summed E-state index contributed by atoms with van der Waals surface area (Å²) in [5, 5.41) is 17.3. The number of hydrogen-bond acceptors (Lipinski definition) is 6. The average Bonchev–Trinajstić information content (AvgIpc) is 3.28. The molecule has 0 bridgehead atoms. The Morgan fingerprint density at radius 2 is 1.97 bits per heavy atom. The highest BCUT2D eigenvalue weighted by atomic mass is 32.1. The van der Waals surface area contributed by atoms with Crippen LogP contribution < -0.4 is 5.32 Å². The summed E-state index contributed by atoms with van der Waals surface area (Å²) in [5.74, 6) is -0.177. The third-order valence-electron chi connectivity index (χ3n) is 4.62. The molecule has 146 valence electrons. The zero-order chi connectivity index (χ0) is 20.2. The number of carbonyl (C=O) groups excluding carboxylic acids is 1. The van der Waals surface area contributed by atoms with E-state index in [1.165, 1.54) is 0 Å². The molecule has 2 heterocycles. The number of fused-ring (bicyclic) bond motifs is 1. The Kier molecular flexibility index (Phi) is 5.44. The number of nitrogens with one attached hydrogen (secondary N) is 1. The number of carbonyl (C=O) groups is 1. The van der Waals surface area contributed by atoms with Gasteiger partial charge in [0.15, 0.2) is 0 Å². The fourth-order valence-corrected chi connectivity index (χ4v) is 4.01.